The van der Waals surface area contributed by atoms with Gasteiger partial charge >= 0.3 is 0 Å². The Labute approximate surface area is 124 Å². The minimum atomic E-state index is -0.654. The molecule has 1 unspecified atom stereocenters. The SMILES string of the molecule is CCN(CC1CCCNC1)C(=O)Cc1c(F)cccc1F. The number of carbonyl (C=O) groups excluding carboxylic acids is 1. The van der Waals surface area contributed by atoms with E-state index in [2.05, 4.69) is 5.32 Å². The summed E-state index contributed by atoms with van der Waals surface area (Å²) in [6.45, 7) is 5.03. The van der Waals surface area contributed by atoms with Crippen LogP contribution in [0.25, 0.3) is 0 Å². The van der Waals surface area contributed by atoms with E-state index in [1.807, 2.05) is 6.92 Å². The van der Waals surface area contributed by atoms with Gasteiger partial charge in [-0.1, -0.05) is 6.07 Å². The number of nitrogens with zero attached hydrogens (tertiary/aromatic N) is 1. The maximum absolute atomic E-state index is 13.6. The monoisotopic (exact) mass is 296 g/mol. The van der Waals surface area contributed by atoms with E-state index in [9.17, 15) is 13.6 Å². The number of nitrogens with one attached hydrogen (secondary N) is 1. The van der Waals surface area contributed by atoms with E-state index in [0.717, 1.165) is 25.9 Å². The lowest BCUT2D eigenvalue weighted by Gasteiger charge is -2.29. The second kappa shape index (κ2) is 7.50. The summed E-state index contributed by atoms with van der Waals surface area (Å²) in [4.78, 5) is 14.0. The molecule has 21 heavy (non-hydrogen) atoms. The van der Waals surface area contributed by atoms with Crippen LogP contribution in [0.2, 0.25) is 0 Å². The van der Waals surface area contributed by atoms with E-state index in [4.69, 9.17) is 0 Å². The number of likely N-dealkylation sites (N-methyl/N-ethyl adjacent to an activating group) is 1. The molecule has 1 amide bonds. The molecule has 1 saturated heterocycles. The summed E-state index contributed by atoms with van der Waals surface area (Å²) in [7, 11) is 0. The number of carbonyl (C=O) groups is 1. The zero-order valence-electron chi connectivity index (χ0n) is 12.4. The third kappa shape index (κ3) is 4.24. The molecule has 1 fully saturated rings. The first-order chi connectivity index (χ1) is 10.1. The average Bonchev–Trinajstić information content (AvgIpc) is 2.49. The van der Waals surface area contributed by atoms with Crippen LogP contribution in [0.3, 0.4) is 0 Å². The van der Waals surface area contributed by atoms with E-state index < -0.39 is 11.6 Å². The Morgan fingerprint density at radius 3 is 2.67 bits per heavy atom. The van der Waals surface area contributed by atoms with Gasteiger partial charge in [0, 0.05) is 18.7 Å². The fourth-order valence-corrected chi connectivity index (χ4v) is 2.76. The van der Waals surface area contributed by atoms with Crippen molar-refractivity contribution in [2.75, 3.05) is 26.2 Å². The van der Waals surface area contributed by atoms with Crippen LogP contribution < -0.4 is 5.32 Å². The van der Waals surface area contributed by atoms with Gasteiger partial charge in [0.15, 0.2) is 0 Å². The van der Waals surface area contributed by atoms with Crippen LogP contribution >= 0.6 is 0 Å². The van der Waals surface area contributed by atoms with Gasteiger partial charge < -0.3 is 10.2 Å². The highest BCUT2D eigenvalue weighted by molar-refractivity contribution is 5.78. The molecule has 1 aromatic carbocycles. The highest BCUT2D eigenvalue weighted by Gasteiger charge is 2.21. The molecule has 1 atom stereocenters. The first kappa shape index (κ1) is 15.9. The van der Waals surface area contributed by atoms with Crippen molar-refractivity contribution in [3.63, 3.8) is 0 Å². The quantitative estimate of drug-likeness (QED) is 0.904. The number of benzene rings is 1. The summed E-state index contributed by atoms with van der Waals surface area (Å²) in [6, 6.07) is 3.68. The summed E-state index contributed by atoms with van der Waals surface area (Å²) < 4.78 is 27.2. The van der Waals surface area contributed by atoms with Crippen molar-refractivity contribution in [1.29, 1.82) is 0 Å². The third-order valence-electron chi connectivity index (χ3n) is 4.00. The van der Waals surface area contributed by atoms with Crippen molar-refractivity contribution < 1.29 is 13.6 Å². The van der Waals surface area contributed by atoms with Gasteiger partial charge in [-0.15, -0.1) is 0 Å². The van der Waals surface area contributed by atoms with Gasteiger partial charge in [0.25, 0.3) is 0 Å². The molecule has 0 aliphatic carbocycles. The molecule has 1 aliphatic rings. The number of hydrogen-bond donors (Lipinski definition) is 1. The summed E-state index contributed by atoms with van der Waals surface area (Å²) in [5.74, 6) is -1.10. The normalized spacial score (nSPS) is 18.5. The molecule has 0 saturated carbocycles. The van der Waals surface area contributed by atoms with Crippen molar-refractivity contribution in [1.82, 2.24) is 10.2 Å². The minimum absolute atomic E-state index is 0.136. The zero-order valence-corrected chi connectivity index (χ0v) is 12.4. The van der Waals surface area contributed by atoms with Gasteiger partial charge in [-0.25, -0.2) is 8.78 Å². The summed E-state index contributed by atoms with van der Waals surface area (Å²) >= 11 is 0. The minimum Gasteiger partial charge on any atom is -0.342 e. The van der Waals surface area contributed by atoms with Gasteiger partial charge in [0.05, 0.1) is 6.42 Å². The fourth-order valence-electron chi connectivity index (χ4n) is 2.76. The van der Waals surface area contributed by atoms with Crippen molar-refractivity contribution in [3.05, 3.63) is 35.4 Å². The molecule has 116 valence electrons. The Kier molecular flexibility index (Phi) is 5.67. The van der Waals surface area contributed by atoms with Crippen molar-refractivity contribution in [2.24, 2.45) is 5.92 Å². The highest BCUT2D eigenvalue weighted by Crippen LogP contribution is 2.16. The van der Waals surface area contributed by atoms with E-state index in [1.165, 1.54) is 18.2 Å². The Hall–Kier alpha value is -1.49. The zero-order chi connectivity index (χ0) is 15.2. The Morgan fingerprint density at radius 1 is 1.38 bits per heavy atom. The first-order valence-corrected chi connectivity index (χ1v) is 7.53. The number of halogens is 2. The molecule has 0 bridgehead atoms. The molecule has 1 aliphatic heterocycles. The molecule has 5 heteroatoms. The Morgan fingerprint density at radius 2 is 2.10 bits per heavy atom. The van der Waals surface area contributed by atoms with Crippen molar-refractivity contribution in [2.45, 2.75) is 26.2 Å². The first-order valence-electron chi connectivity index (χ1n) is 7.53. The van der Waals surface area contributed by atoms with Gasteiger partial charge in [0.2, 0.25) is 5.91 Å². The second-order valence-electron chi connectivity index (χ2n) is 5.52. The Balaban J connectivity index is 1.99. The number of hydrogen-bond acceptors (Lipinski definition) is 2. The Bertz CT molecular complexity index is 467. The average molecular weight is 296 g/mol. The van der Waals surface area contributed by atoms with Gasteiger partial charge in [0.1, 0.15) is 11.6 Å². The summed E-state index contributed by atoms with van der Waals surface area (Å²) in [5.41, 5.74) is -0.136. The van der Waals surface area contributed by atoms with Crippen LogP contribution in [0.1, 0.15) is 25.3 Å². The smallest absolute Gasteiger partial charge is 0.227 e. The molecular weight excluding hydrogens is 274 g/mol. The number of amides is 1. The predicted octanol–water partition coefficient (Wildman–Crippen LogP) is 2.36. The lowest BCUT2D eigenvalue weighted by molar-refractivity contribution is -0.131. The van der Waals surface area contributed by atoms with Gasteiger partial charge in [-0.05, 0) is 50.9 Å². The van der Waals surface area contributed by atoms with Crippen LogP contribution in [0, 0.1) is 17.6 Å². The lowest BCUT2D eigenvalue weighted by atomic mass is 9.98. The van der Waals surface area contributed by atoms with Crippen molar-refractivity contribution in [3.8, 4) is 0 Å². The molecule has 1 N–H and O–H groups in total. The largest absolute Gasteiger partial charge is 0.342 e. The number of piperidine rings is 1. The van der Waals surface area contributed by atoms with Crippen LogP contribution in [0.15, 0.2) is 18.2 Å². The standard InChI is InChI=1S/C16H22F2N2O/c1-2-20(11-12-5-4-8-19-10-12)16(21)9-13-14(17)6-3-7-15(13)18/h3,6-7,12,19H,2,4-5,8-11H2,1H3. The molecule has 0 aromatic heterocycles. The van der Waals surface area contributed by atoms with E-state index in [0.29, 0.717) is 19.0 Å². The summed E-state index contributed by atoms with van der Waals surface area (Å²) in [6.07, 6.45) is 1.98. The maximum Gasteiger partial charge on any atom is 0.227 e. The highest BCUT2D eigenvalue weighted by atomic mass is 19.1. The maximum atomic E-state index is 13.6. The van der Waals surface area contributed by atoms with E-state index in [1.54, 1.807) is 4.90 Å². The van der Waals surface area contributed by atoms with Crippen molar-refractivity contribution >= 4 is 5.91 Å². The van der Waals surface area contributed by atoms with E-state index in [-0.39, 0.29) is 17.9 Å². The predicted molar refractivity (Wildman–Crippen MR) is 77.9 cm³/mol. The number of rotatable bonds is 5. The van der Waals surface area contributed by atoms with Crippen LogP contribution in [0.5, 0.6) is 0 Å². The van der Waals surface area contributed by atoms with Crippen LogP contribution in [-0.2, 0) is 11.2 Å². The topological polar surface area (TPSA) is 32.3 Å². The summed E-state index contributed by atoms with van der Waals surface area (Å²) in [5, 5.41) is 3.31. The molecule has 0 spiro atoms. The van der Waals surface area contributed by atoms with Crippen LogP contribution in [0.4, 0.5) is 8.78 Å². The van der Waals surface area contributed by atoms with Gasteiger partial charge in [-0.2, -0.15) is 0 Å². The molecule has 1 heterocycles. The lowest BCUT2D eigenvalue weighted by Crippen LogP contribution is -2.41. The molecule has 2 rings (SSSR count). The fraction of sp³-hybridized carbons (Fsp3) is 0.562. The second-order valence-corrected chi connectivity index (χ2v) is 5.52. The molecule has 0 radical (unpaired) electrons. The molecular formula is C16H22F2N2O. The third-order valence-corrected chi connectivity index (χ3v) is 4.00. The van der Waals surface area contributed by atoms with E-state index >= 15 is 0 Å². The molecule has 3 nitrogen and oxygen atoms in total. The van der Waals surface area contributed by atoms with Gasteiger partial charge in [-0.3, -0.25) is 4.79 Å². The molecule has 1 aromatic rings. The van der Waals surface area contributed by atoms with Crippen LogP contribution in [-0.4, -0.2) is 37.0 Å².